The maximum Gasteiger partial charge on any atom is 0.229 e. The summed E-state index contributed by atoms with van der Waals surface area (Å²) < 4.78 is 0. The second-order valence-corrected chi connectivity index (χ2v) is 6.10. The molecule has 0 spiro atoms. The van der Waals surface area contributed by atoms with Crippen LogP contribution in [0.25, 0.3) is 0 Å². The average Bonchev–Trinajstić information content (AvgIpc) is 2.92. The molecule has 0 saturated carbocycles. The lowest BCUT2D eigenvalue weighted by molar-refractivity contribution is -0.122. The Balaban J connectivity index is 1.69. The summed E-state index contributed by atoms with van der Waals surface area (Å²) in [4.78, 5) is 26.3. The first kappa shape index (κ1) is 15.3. The Hall–Kier alpha value is -2.62. The van der Waals surface area contributed by atoms with E-state index in [4.69, 9.17) is 0 Å². The second-order valence-electron chi connectivity index (χ2n) is 6.10. The minimum atomic E-state index is -0.315. The van der Waals surface area contributed by atoms with Crippen molar-refractivity contribution in [1.29, 1.82) is 0 Å². The van der Waals surface area contributed by atoms with Crippen molar-refractivity contribution >= 4 is 23.2 Å². The van der Waals surface area contributed by atoms with Gasteiger partial charge in [-0.1, -0.05) is 29.8 Å². The van der Waals surface area contributed by atoms with Crippen LogP contribution in [0.2, 0.25) is 0 Å². The third-order valence-corrected chi connectivity index (χ3v) is 4.13. The Morgan fingerprint density at radius 1 is 1.09 bits per heavy atom. The van der Waals surface area contributed by atoms with Crippen molar-refractivity contribution in [1.82, 2.24) is 0 Å². The molecule has 4 nitrogen and oxygen atoms in total. The molecule has 2 aromatic rings. The van der Waals surface area contributed by atoms with Crippen molar-refractivity contribution in [3.63, 3.8) is 0 Å². The average molecular weight is 308 g/mol. The first-order valence-electron chi connectivity index (χ1n) is 7.77. The number of rotatable bonds is 3. The monoisotopic (exact) mass is 308 g/mol. The number of amides is 2. The number of carbonyl (C=O) groups is 2. The van der Waals surface area contributed by atoms with Gasteiger partial charge >= 0.3 is 0 Å². The smallest absolute Gasteiger partial charge is 0.229 e. The third-order valence-electron chi connectivity index (χ3n) is 4.13. The molecular weight excluding hydrogens is 288 g/mol. The lowest BCUT2D eigenvalue weighted by Crippen LogP contribution is -2.28. The van der Waals surface area contributed by atoms with E-state index in [-0.39, 0.29) is 24.2 Å². The van der Waals surface area contributed by atoms with E-state index in [1.165, 1.54) is 0 Å². The predicted octanol–water partition coefficient (Wildman–Crippen LogP) is 3.30. The summed E-state index contributed by atoms with van der Waals surface area (Å²) in [5, 5.41) is 2.90. The van der Waals surface area contributed by atoms with Crippen LogP contribution in [0.1, 0.15) is 17.5 Å². The van der Waals surface area contributed by atoms with Crippen LogP contribution < -0.4 is 10.2 Å². The van der Waals surface area contributed by atoms with Crippen LogP contribution in [-0.4, -0.2) is 18.4 Å². The molecule has 0 unspecified atom stereocenters. The molecule has 1 fully saturated rings. The maximum atomic E-state index is 12.4. The van der Waals surface area contributed by atoms with Gasteiger partial charge in [-0.25, -0.2) is 0 Å². The first-order valence-corrected chi connectivity index (χ1v) is 7.77. The highest BCUT2D eigenvalue weighted by atomic mass is 16.2. The summed E-state index contributed by atoms with van der Waals surface area (Å²) in [5.41, 5.74) is 3.87. The first-order chi connectivity index (χ1) is 11.0. The molecule has 1 aliphatic rings. The SMILES string of the molecule is Cc1ccc(NC(=O)[C@@H]2CC(=O)N(c3cccc(C)c3)C2)cc1. The highest BCUT2D eigenvalue weighted by Gasteiger charge is 2.35. The van der Waals surface area contributed by atoms with Crippen molar-refractivity contribution in [3.05, 3.63) is 59.7 Å². The zero-order valence-corrected chi connectivity index (χ0v) is 13.4. The minimum Gasteiger partial charge on any atom is -0.326 e. The molecular formula is C19H20N2O2. The molecule has 1 atom stereocenters. The Bertz CT molecular complexity index is 737. The van der Waals surface area contributed by atoms with Gasteiger partial charge in [-0.15, -0.1) is 0 Å². The molecule has 4 heteroatoms. The number of nitrogens with one attached hydrogen (secondary N) is 1. The van der Waals surface area contributed by atoms with Gasteiger partial charge in [0.1, 0.15) is 0 Å². The zero-order chi connectivity index (χ0) is 16.4. The van der Waals surface area contributed by atoms with Crippen molar-refractivity contribution in [2.45, 2.75) is 20.3 Å². The van der Waals surface area contributed by atoms with Gasteiger partial charge in [0, 0.05) is 24.3 Å². The van der Waals surface area contributed by atoms with Crippen molar-refractivity contribution in [2.75, 3.05) is 16.8 Å². The van der Waals surface area contributed by atoms with Gasteiger partial charge in [0.15, 0.2) is 0 Å². The van der Waals surface area contributed by atoms with Crippen LogP contribution in [0.3, 0.4) is 0 Å². The number of carbonyl (C=O) groups excluding carboxylic acids is 2. The summed E-state index contributed by atoms with van der Waals surface area (Å²) in [6.07, 6.45) is 0.256. The molecule has 1 aliphatic heterocycles. The maximum absolute atomic E-state index is 12.4. The van der Waals surface area contributed by atoms with Gasteiger partial charge in [-0.2, -0.15) is 0 Å². The van der Waals surface area contributed by atoms with Crippen LogP contribution in [0.4, 0.5) is 11.4 Å². The van der Waals surface area contributed by atoms with Crippen LogP contribution >= 0.6 is 0 Å². The third kappa shape index (κ3) is 3.42. The second kappa shape index (κ2) is 6.24. The minimum absolute atomic E-state index is 0.000318. The van der Waals surface area contributed by atoms with E-state index in [0.717, 1.165) is 22.5 Å². The van der Waals surface area contributed by atoms with Crippen LogP contribution in [-0.2, 0) is 9.59 Å². The van der Waals surface area contributed by atoms with Gasteiger partial charge in [-0.05, 0) is 43.7 Å². The molecule has 2 amide bonds. The van der Waals surface area contributed by atoms with E-state index in [0.29, 0.717) is 6.54 Å². The molecule has 118 valence electrons. The Labute approximate surface area is 136 Å². The molecule has 1 saturated heterocycles. The van der Waals surface area contributed by atoms with Crippen molar-refractivity contribution in [2.24, 2.45) is 5.92 Å². The molecule has 2 aromatic carbocycles. The van der Waals surface area contributed by atoms with Crippen molar-refractivity contribution < 1.29 is 9.59 Å². The molecule has 0 radical (unpaired) electrons. The molecule has 0 aromatic heterocycles. The highest BCUT2D eigenvalue weighted by molar-refractivity contribution is 6.03. The number of nitrogens with zero attached hydrogens (tertiary/aromatic N) is 1. The predicted molar refractivity (Wildman–Crippen MR) is 91.4 cm³/mol. The standard InChI is InChI=1S/C19H20N2O2/c1-13-6-8-16(9-7-13)20-19(23)15-11-18(22)21(12-15)17-5-3-4-14(2)10-17/h3-10,15H,11-12H2,1-2H3,(H,20,23)/t15-/m1/s1. The molecule has 23 heavy (non-hydrogen) atoms. The van der Waals surface area contributed by atoms with Crippen LogP contribution in [0.5, 0.6) is 0 Å². The number of benzene rings is 2. The number of anilines is 2. The molecule has 0 aliphatic carbocycles. The Kier molecular flexibility index (Phi) is 4.15. The summed E-state index contributed by atoms with van der Waals surface area (Å²) in [7, 11) is 0. The van der Waals surface area contributed by atoms with E-state index >= 15 is 0 Å². The Morgan fingerprint density at radius 3 is 2.52 bits per heavy atom. The molecule has 1 N–H and O–H groups in total. The van der Waals surface area contributed by atoms with E-state index in [9.17, 15) is 9.59 Å². The topological polar surface area (TPSA) is 49.4 Å². The van der Waals surface area contributed by atoms with Crippen molar-refractivity contribution in [3.8, 4) is 0 Å². The molecule has 1 heterocycles. The quantitative estimate of drug-likeness (QED) is 0.946. The Morgan fingerprint density at radius 2 is 1.83 bits per heavy atom. The number of hydrogen-bond acceptors (Lipinski definition) is 2. The number of aryl methyl sites for hydroxylation is 2. The fraction of sp³-hybridized carbons (Fsp3) is 0.263. The molecule has 3 rings (SSSR count). The van der Waals surface area contributed by atoms with Gasteiger partial charge in [0.05, 0.1) is 5.92 Å². The molecule has 0 bridgehead atoms. The number of hydrogen-bond donors (Lipinski definition) is 1. The summed E-state index contributed by atoms with van der Waals surface area (Å²) in [6.45, 7) is 4.42. The van der Waals surface area contributed by atoms with E-state index in [1.807, 2.05) is 62.4 Å². The van der Waals surface area contributed by atoms with Gasteiger partial charge in [0.2, 0.25) is 11.8 Å². The fourth-order valence-electron chi connectivity index (χ4n) is 2.81. The summed E-state index contributed by atoms with van der Waals surface area (Å²) >= 11 is 0. The summed E-state index contributed by atoms with van der Waals surface area (Å²) in [5.74, 6) is -0.415. The van der Waals surface area contributed by atoms with Gasteiger partial charge in [-0.3, -0.25) is 9.59 Å². The normalized spacial score (nSPS) is 17.4. The van der Waals surface area contributed by atoms with E-state index in [2.05, 4.69) is 5.32 Å². The van der Waals surface area contributed by atoms with Gasteiger partial charge in [0.25, 0.3) is 0 Å². The highest BCUT2D eigenvalue weighted by Crippen LogP contribution is 2.26. The lowest BCUT2D eigenvalue weighted by Gasteiger charge is -2.17. The van der Waals surface area contributed by atoms with Gasteiger partial charge < -0.3 is 10.2 Å². The zero-order valence-electron chi connectivity index (χ0n) is 13.4. The largest absolute Gasteiger partial charge is 0.326 e. The van der Waals surface area contributed by atoms with E-state index in [1.54, 1.807) is 4.90 Å². The summed E-state index contributed by atoms with van der Waals surface area (Å²) in [6, 6.07) is 15.5. The fourth-order valence-corrected chi connectivity index (χ4v) is 2.81. The van der Waals surface area contributed by atoms with Crippen LogP contribution in [0, 0.1) is 19.8 Å². The lowest BCUT2D eigenvalue weighted by atomic mass is 10.1. The van der Waals surface area contributed by atoms with Crippen LogP contribution in [0.15, 0.2) is 48.5 Å². The van der Waals surface area contributed by atoms with E-state index < -0.39 is 0 Å².